The Kier molecular flexibility index (Phi) is 6.40. The number of rotatable bonds is 7. The Labute approximate surface area is 107 Å². The SMILES string of the molecule is CCCC(N)C(CO)Sc1cccc(OC)c1. The molecule has 17 heavy (non-hydrogen) atoms. The Morgan fingerprint density at radius 1 is 1.47 bits per heavy atom. The van der Waals surface area contributed by atoms with Crippen LogP contribution in [0, 0.1) is 0 Å². The second-order valence-corrected chi connectivity index (χ2v) is 5.28. The summed E-state index contributed by atoms with van der Waals surface area (Å²) in [6.07, 6.45) is 1.97. The van der Waals surface area contributed by atoms with Crippen molar-refractivity contribution in [2.75, 3.05) is 13.7 Å². The van der Waals surface area contributed by atoms with Crippen LogP contribution in [0.2, 0.25) is 0 Å². The van der Waals surface area contributed by atoms with Crippen molar-refractivity contribution in [3.8, 4) is 5.75 Å². The predicted octanol–water partition coefficient (Wildman–Crippen LogP) is 2.28. The lowest BCUT2D eigenvalue weighted by Gasteiger charge is -2.21. The minimum atomic E-state index is 0.0289. The molecule has 0 bridgehead atoms. The van der Waals surface area contributed by atoms with Crippen molar-refractivity contribution in [3.05, 3.63) is 24.3 Å². The molecule has 0 aliphatic carbocycles. The molecule has 0 aliphatic heterocycles. The van der Waals surface area contributed by atoms with E-state index in [1.807, 2.05) is 24.3 Å². The molecule has 0 fully saturated rings. The first-order chi connectivity index (χ1) is 8.21. The Bertz CT molecular complexity index is 333. The van der Waals surface area contributed by atoms with Crippen molar-refractivity contribution < 1.29 is 9.84 Å². The average Bonchev–Trinajstić information content (AvgIpc) is 2.36. The van der Waals surface area contributed by atoms with E-state index in [1.54, 1.807) is 18.9 Å². The van der Waals surface area contributed by atoms with Crippen LogP contribution in [-0.4, -0.2) is 30.1 Å². The number of benzene rings is 1. The third-order valence-electron chi connectivity index (χ3n) is 2.61. The Morgan fingerprint density at radius 3 is 2.82 bits per heavy atom. The third-order valence-corrected chi connectivity index (χ3v) is 3.94. The van der Waals surface area contributed by atoms with Crippen molar-refractivity contribution in [2.45, 2.75) is 36.0 Å². The van der Waals surface area contributed by atoms with Crippen molar-refractivity contribution >= 4 is 11.8 Å². The minimum Gasteiger partial charge on any atom is -0.497 e. The molecular formula is C13H21NO2S. The van der Waals surface area contributed by atoms with Gasteiger partial charge in [0.2, 0.25) is 0 Å². The van der Waals surface area contributed by atoms with Gasteiger partial charge in [-0.25, -0.2) is 0 Å². The summed E-state index contributed by atoms with van der Waals surface area (Å²) < 4.78 is 5.17. The van der Waals surface area contributed by atoms with Gasteiger partial charge in [-0.15, -0.1) is 11.8 Å². The maximum absolute atomic E-state index is 9.38. The number of nitrogens with two attached hydrogens (primary N) is 1. The molecule has 0 amide bonds. The zero-order chi connectivity index (χ0) is 12.7. The van der Waals surface area contributed by atoms with Crippen LogP contribution in [0.1, 0.15) is 19.8 Å². The normalized spacial score (nSPS) is 14.4. The lowest BCUT2D eigenvalue weighted by atomic mass is 10.1. The van der Waals surface area contributed by atoms with E-state index < -0.39 is 0 Å². The number of hydrogen-bond donors (Lipinski definition) is 2. The quantitative estimate of drug-likeness (QED) is 0.734. The zero-order valence-electron chi connectivity index (χ0n) is 10.4. The molecule has 2 unspecified atom stereocenters. The Balaban J connectivity index is 2.66. The first kappa shape index (κ1) is 14.4. The van der Waals surface area contributed by atoms with Gasteiger partial charge in [-0.1, -0.05) is 19.4 Å². The molecule has 0 heterocycles. The maximum Gasteiger partial charge on any atom is 0.119 e. The van der Waals surface area contributed by atoms with Crippen LogP contribution in [-0.2, 0) is 0 Å². The van der Waals surface area contributed by atoms with Gasteiger partial charge in [0, 0.05) is 16.2 Å². The fourth-order valence-corrected chi connectivity index (χ4v) is 2.70. The number of thioether (sulfide) groups is 1. The molecule has 3 nitrogen and oxygen atoms in total. The van der Waals surface area contributed by atoms with Crippen LogP contribution in [0.25, 0.3) is 0 Å². The molecule has 0 saturated carbocycles. The molecule has 1 rings (SSSR count). The highest BCUT2D eigenvalue weighted by Gasteiger charge is 2.17. The maximum atomic E-state index is 9.38. The van der Waals surface area contributed by atoms with Gasteiger partial charge in [0.15, 0.2) is 0 Å². The number of aliphatic hydroxyl groups excluding tert-OH is 1. The first-order valence-corrected chi connectivity index (χ1v) is 6.76. The van der Waals surface area contributed by atoms with Crippen molar-refractivity contribution in [1.29, 1.82) is 0 Å². The molecule has 1 aromatic rings. The van der Waals surface area contributed by atoms with Gasteiger partial charge < -0.3 is 15.6 Å². The van der Waals surface area contributed by atoms with Gasteiger partial charge in [0.05, 0.1) is 13.7 Å². The summed E-state index contributed by atoms with van der Waals surface area (Å²) in [4.78, 5) is 1.08. The summed E-state index contributed by atoms with van der Waals surface area (Å²) in [6, 6.07) is 7.85. The second kappa shape index (κ2) is 7.58. The van der Waals surface area contributed by atoms with Crippen LogP contribution >= 0.6 is 11.8 Å². The van der Waals surface area contributed by atoms with Gasteiger partial charge in [-0.2, -0.15) is 0 Å². The first-order valence-electron chi connectivity index (χ1n) is 5.88. The predicted molar refractivity (Wildman–Crippen MR) is 72.6 cm³/mol. The fourth-order valence-electron chi connectivity index (χ4n) is 1.63. The molecule has 1 aromatic carbocycles. The fraction of sp³-hybridized carbons (Fsp3) is 0.538. The summed E-state index contributed by atoms with van der Waals surface area (Å²) in [6.45, 7) is 2.20. The summed E-state index contributed by atoms with van der Waals surface area (Å²) in [7, 11) is 1.65. The highest BCUT2D eigenvalue weighted by atomic mass is 32.2. The molecule has 96 valence electrons. The van der Waals surface area contributed by atoms with E-state index in [2.05, 4.69) is 6.92 Å². The molecule has 3 N–H and O–H groups in total. The highest BCUT2D eigenvalue weighted by molar-refractivity contribution is 8.00. The number of hydrogen-bond acceptors (Lipinski definition) is 4. The summed E-state index contributed by atoms with van der Waals surface area (Å²) in [5.41, 5.74) is 6.05. The van der Waals surface area contributed by atoms with Crippen LogP contribution in [0.5, 0.6) is 5.75 Å². The summed E-state index contributed by atoms with van der Waals surface area (Å²) >= 11 is 1.61. The van der Waals surface area contributed by atoms with Gasteiger partial charge in [-0.05, 0) is 24.6 Å². The molecule has 0 radical (unpaired) electrons. The van der Waals surface area contributed by atoms with Crippen molar-refractivity contribution in [2.24, 2.45) is 5.73 Å². The van der Waals surface area contributed by atoms with Gasteiger partial charge in [-0.3, -0.25) is 0 Å². The average molecular weight is 255 g/mol. The summed E-state index contributed by atoms with van der Waals surface area (Å²) in [5, 5.41) is 9.42. The standard InChI is InChI=1S/C13H21NO2S/c1-3-5-12(14)13(9-15)17-11-7-4-6-10(8-11)16-2/h4,6-8,12-13,15H,3,5,9,14H2,1-2H3. The molecule has 0 aliphatic rings. The van der Waals surface area contributed by atoms with Crippen LogP contribution in [0.4, 0.5) is 0 Å². The molecule has 0 aromatic heterocycles. The van der Waals surface area contributed by atoms with Crippen LogP contribution < -0.4 is 10.5 Å². The van der Waals surface area contributed by atoms with E-state index in [0.29, 0.717) is 0 Å². The monoisotopic (exact) mass is 255 g/mol. The van der Waals surface area contributed by atoms with E-state index in [9.17, 15) is 5.11 Å². The Morgan fingerprint density at radius 2 is 2.24 bits per heavy atom. The molecule has 2 atom stereocenters. The topological polar surface area (TPSA) is 55.5 Å². The smallest absolute Gasteiger partial charge is 0.119 e. The molecule has 0 saturated heterocycles. The molecule has 0 spiro atoms. The molecule has 4 heteroatoms. The number of ether oxygens (including phenoxy) is 1. The van der Waals surface area contributed by atoms with Gasteiger partial charge >= 0.3 is 0 Å². The van der Waals surface area contributed by atoms with E-state index in [0.717, 1.165) is 23.5 Å². The van der Waals surface area contributed by atoms with Gasteiger partial charge in [0.25, 0.3) is 0 Å². The van der Waals surface area contributed by atoms with Crippen LogP contribution in [0.3, 0.4) is 0 Å². The minimum absolute atomic E-state index is 0.0289. The highest BCUT2D eigenvalue weighted by Crippen LogP contribution is 2.28. The van der Waals surface area contributed by atoms with Crippen molar-refractivity contribution in [3.63, 3.8) is 0 Å². The number of aliphatic hydroxyl groups is 1. The number of methoxy groups -OCH3 is 1. The zero-order valence-corrected chi connectivity index (χ0v) is 11.2. The van der Waals surface area contributed by atoms with E-state index >= 15 is 0 Å². The lowest BCUT2D eigenvalue weighted by molar-refractivity contribution is 0.279. The third kappa shape index (κ3) is 4.58. The van der Waals surface area contributed by atoms with E-state index in [1.165, 1.54) is 0 Å². The van der Waals surface area contributed by atoms with E-state index in [4.69, 9.17) is 10.5 Å². The van der Waals surface area contributed by atoms with Gasteiger partial charge in [0.1, 0.15) is 5.75 Å². The van der Waals surface area contributed by atoms with Crippen molar-refractivity contribution in [1.82, 2.24) is 0 Å². The lowest BCUT2D eigenvalue weighted by Crippen LogP contribution is -2.34. The van der Waals surface area contributed by atoms with Crippen LogP contribution in [0.15, 0.2) is 29.2 Å². The Hall–Kier alpha value is -0.710. The molecular weight excluding hydrogens is 234 g/mol. The second-order valence-electron chi connectivity index (χ2n) is 3.97. The van der Waals surface area contributed by atoms with E-state index in [-0.39, 0.29) is 17.9 Å². The summed E-state index contributed by atoms with van der Waals surface area (Å²) in [5.74, 6) is 0.829. The largest absolute Gasteiger partial charge is 0.497 e.